The Morgan fingerprint density at radius 2 is 2.50 bits per heavy atom. The molecule has 0 aromatic carbocycles. The Morgan fingerprint density at radius 3 is 3.00 bits per heavy atom. The molecule has 1 atom stereocenters. The summed E-state index contributed by atoms with van der Waals surface area (Å²) in [6.45, 7) is 0.672. The van der Waals surface area contributed by atoms with Crippen molar-refractivity contribution in [3.05, 3.63) is 16.3 Å². The number of carbonyl (C=O) groups is 1. The van der Waals surface area contributed by atoms with E-state index in [2.05, 4.69) is 0 Å². The van der Waals surface area contributed by atoms with Crippen molar-refractivity contribution in [1.29, 1.82) is 0 Å². The van der Waals surface area contributed by atoms with Crippen LogP contribution >= 0.6 is 11.3 Å². The Hall–Kier alpha value is -1.07. The minimum absolute atomic E-state index is 0.344. The second kappa shape index (κ2) is 3.98. The molecule has 1 fully saturated rings. The summed E-state index contributed by atoms with van der Waals surface area (Å²) in [6.07, 6.45) is 0.435. The van der Waals surface area contributed by atoms with E-state index in [1.807, 2.05) is 0 Å². The minimum Gasteiger partial charge on any atom is -0.496 e. The number of methoxy groups -OCH3 is 1. The van der Waals surface area contributed by atoms with E-state index in [0.717, 1.165) is 6.42 Å². The largest absolute Gasteiger partial charge is 0.496 e. The van der Waals surface area contributed by atoms with Crippen LogP contribution in [0.15, 0.2) is 11.4 Å². The molecule has 1 aromatic rings. The highest BCUT2D eigenvalue weighted by Crippen LogP contribution is 2.23. The molecule has 1 aliphatic heterocycles. The molecule has 1 aromatic heterocycles. The first-order valence-electron chi connectivity index (χ1n) is 4.24. The SMILES string of the molecule is COc1csc(C(=O)OC2CCO2)c1. The zero-order valence-electron chi connectivity index (χ0n) is 7.69. The third-order valence-electron chi connectivity index (χ3n) is 1.91. The number of ether oxygens (including phenoxy) is 3. The summed E-state index contributed by atoms with van der Waals surface area (Å²) >= 11 is 1.30. The van der Waals surface area contributed by atoms with Crippen molar-refractivity contribution in [2.45, 2.75) is 12.7 Å². The number of esters is 1. The highest BCUT2D eigenvalue weighted by molar-refractivity contribution is 7.12. The van der Waals surface area contributed by atoms with Gasteiger partial charge in [-0.3, -0.25) is 0 Å². The molecule has 76 valence electrons. The average Bonchev–Trinajstić information content (AvgIpc) is 2.59. The van der Waals surface area contributed by atoms with Crippen molar-refractivity contribution in [3.63, 3.8) is 0 Å². The molecule has 1 saturated heterocycles. The number of carbonyl (C=O) groups excluding carboxylic acids is 1. The fraction of sp³-hybridized carbons (Fsp3) is 0.444. The predicted molar refractivity (Wildman–Crippen MR) is 50.6 cm³/mol. The maximum absolute atomic E-state index is 11.4. The van der Waals surface area contributed by atoms with E-state index in [1.165, 1.54) is 11.3 Å². The van der Waals surface area contributed by atoms with Crippen LogP contribution in [0, 0.1) is 0 Å². The summed E-state index contributed by atoms with van der Waals surface area (Å²) in [4.78, 5) is 12.0. The lowest BCUT2D eigenvalue weighted by molar-refractivity contribution is -0.184. The Morgan fingerprint density at radius 1 is 1.71 bits per heavy atom. The molecule has 0 amide bonds. The van der Waals surface area contributed by atoms with Crippen LogP contribution < -0.4 is 4.74 Å². The molecule has 0 saturated carbocycles. The van der Waals surface area contributed by atoms with Gasteiger partial charge in [-0.2, -0.15) is 0 Å². The summed E-state index contributed by atoms with van der Waals surface area (Å²) in [5.74, 6) is 0.333. The van der Waals surface area contributed by atoms with Crippen LogP contribution in [-0.2, 0) is 9.47 Å². The fourth-order valence-corrected chi connectivity index (χ4v) is 1.75. The normalized spacial score (nSPS) is 19.9. The molecule has 0 radical (unpaired) electrons. The van der Waals surface area contributed by atoms with Gasteiger partial charge < -0.3 is 14.2 Å². The average molecular weight is 214 g/mol. The standard InChI is InChI=1S/C9H10O4S/c1-11-6-4-7(14-5-6)9(10)13-8-2-3-12-8/h4-5,8H,2-3H2,1H3. The van der Waals surface area contributed by atoms with Crippen LogP contribution in [0.2, 0.25) is 0 Å². The van der Waals surface area contributed by atoms with E-state index in [9.17, 15) is 4.79 Å². The minimum atomic E-state index is -0.351. The van der Waals surface area contributed by atoms with E-state index in [-0.39, 0.29) is 12.3 Å². The van der Waals surface area contributed by atoms with Crippen molar-refractivity contribution < 1.29 is 19.0 Å². The van der Waals surface area contributed by atoms with Gasteiger partial charge in [0.2, 0.25) is 6.29 Å². The van der Waals surface area contributed by atoms with Gasteiger partial charge in [0.1, 0.15) is 10.6 Å². The molecule has 2 heterocycles. The van der Waals surface area contributed by atoms with Gasteiger partial charge in [-0.15, -0.1) is 11.3 Å². The third-order valence-corrected chi connectivity index (χ3v) is 2.80. The Labute approximate surface area is 85.4 Å². The molecule has 4 nitrogen and oxygen atoms in total. The Bertz CT molecular complexity index is 329. The molecule has 1 unspecified atom stereocenters. The molecule has 0 spiro atoms. The number of hydrogen-bond acceptors (Lipinski definition) is 5. The van der Waals surface area contributed by atoms with E-state index >= 15 is 0 Å². The smallest absolute Gasteiger partial charge is 0.350 e. The Balaban J connectivity index is 1.95. The molecule has 1 aliphatic rings. The first-order valence-corrected chi connectivity index (χ1v) is 5.12. The van der Waals surface area contributed by atoms with Crippen LogP contribution in [0.3, 0.4) is 0 Å². The fourth-order valence-electron chi connectivity index (χ4n) is 1.02. The van der Waals surface area contributed by atoms with Gasteiger partial charge in [-0.05, 0) is 0 Å². The van der Waals surface area contributed by atoms with Crippen LogP contribution in [0.5, 0.6) is 5.75 Å². The highest BCUT2D eigenvalue weighted by Gasteiger charge is 2.23. The molecule has 2 rings (SSSR count). The molecule has 14 heavy (non-hydrogen) atoms. The lowest BCUT2D eigenvalue weighted by Gasteiger charge is -2.25. The van der Waals surface area contributed by atoms with Crippen molar-refractivity contribution in [1.82, 2.24) is 0 Å². The summed E-state index contributed by atoms with van der Waals surface area (Å²) in [5.41, 5.74) is 0. The van der Waals surface area contributed by atoms with E-state index in [1.54, 1.807) is 18.6 Å². The second-order valence-electron chi connectivity index (χ2n) is 2.85. The van der Waals surface area contributed by atoms with Crippen LogP contribution in [0.25, 0.3) is 0 Å². The third kappa shape index (κ3) is 1.88. The van der Waals surface area contributed by atoms with Crippen molar-refractivity contribution in [2.24, 2.45) is 0 Å². The lowest BCUT2D eigenvalue weighted by Crippen LogP contribution is -2.31. The van der Waals surface area contributed by atoms with Crippen molar-refractivity contribution in [2.75, 3.05) is 13.7 Å². The van der Waals surface area contributed by atoms with Gasteiger partial charge in [0.15, 0.2) is 0 Å². The quantitative estimate of drug-likeness (QED) is 0.718. The molecule has 5 heteroatoms. The molecule has 0 bridgehead atoms. The van der Waals surface area contributed by atoms with Crippen molar-refractivity contribution >= 4 is 17.3 Å². The van der Waals surface area contributed by atoms with E-state index in [4.69, 9.17) is 14.2 Å². The van der Waals surface area contributed by atoms with E-state index in [0.29, 0.717) is 17.2 Å². The Kier molecular flexibility index (Phi) is 2.69. The summed E-state index contributed by atoms with van der Waals surface area (Å²) in [6, 6.07) is 1.66. The van der Waals surface area contributed by atoms with E-state index < -0.39 is 0 Å². The van der Waals surface area contributed by atoms with Gasteiger partial charge in [0, 0.05) is 17.9 Å². The second-order valence-corrected chi connectivity index (χ2v) is 3.76. The zero-order chi connectivity index (χ0) is 9.97. The highest BCUT2D eigenvalue weighted by atomic mass is 32.1. The predicted octanol–water partition coefficient (Wildman–Crippen LogP) is 1.66. The van der Waals surface area contributed by atoms with Crippen LogP contribution in [0.4, 0.5) is 0 Å². The van der Waals surface area contributed by atoms with Crippen LogP contribution in [0.1, 0.15) is 16.1 Å². The van der Waals surface area contributed by atoms with Gasteiger partial charge in [-0.1, -0.05) is 0 Å². The summed E-state index contributed by atoms with van der Waals surface area (Å²) < 4.78 is 15.0. The molecule has 0 aliphatic carbocycles. The van der Waals surface area contributed by atoms with Gasteiger partial charge in [-0.25, -0.2) is 4.79 Å². The van der Waals surface area contributed by atoms with Gasteiger partial charge >= 0.3 is 5.97 Å². The van der Waals surface area contributed by atoms with Gasteiger partial charge in [0.25, 0.3) is 0 Å². The monoisotopic (exact) mass is 214 g/mol. The molecular weight excluding hydrogens is 204 g/mol. The maximum Gasteiger partial charge on any atom is 0.350 e. The zero-order valence-corrected chi connectivity index (χ0v) is 8.50. The molecule has 0 N–H and O–H groups in total. The summed E-state index contributed by atoms with van der Waals surface area (Å²) in [7, 11) is 1.56. The number of rotatable bonds is 3. The van der Waals surface area contributed by atoms with Crippen LogP contribution in [-0.4, -0.2) is 26.0 Å². The van der Waals surface area contributed by atoms with Gasteiger partial charge in [0.05, 0.1) is 13.7 Å². The first-order chi connectivity index (χ1) is 6.79. The number of thiophene rings is 1. The summed E-state index contributed by atoms with van der Waals surface area (Å²) in [5, 5.41) is 1.76. The maximum atomic E-state index is 11.4. The lowest BCUT2D eigenvalue weighted by atomic mass is 10.3. The van der Waals surface area contributed by atoms with Crippen molar-refractivity contribution in [3.8, 4) is 5.75 Å². The number of hydrogen-bond donors (Lipinski definition) is 0. The topological polar surface area (TPSA) is 44.8 Å². The molecular formula is C9H10O4S. The first kappa shape index (κ1) is 9.48.